The molecule has 8 nitrogen and oxygen atoms in total. The van der Waals surface area contributed by atoms with E-state index in [4.69, 9.17) is 21.1 Å². The van der Waals surface area contributed by atoms with Crippen molar-refractivity contribution in [1.82, 2.24) is 4.57 Å². The van der Waals surface area contributed by atoms with Crippen molar-refractivity contribution < 1.29 is 23.9 Å². The third-order valence-electron chi connectivity index (χ3n) is 6.20. The standard InChI is InChI=1S/C29H31ClN2O6S/c1-18-14-19(32-16-21(38-28(32)36)8-10-23(34)25-11-12-26(30)39-25)7-9-22(18)31-13-5-6-24(27(31)35)37-17-20(33)15-29(2,3)4/h5-7,9,11-14,21H,8,10,15-17H2,1-4H3/t21-/m0/s1. The van der Waals surface area contributed by atoms with Gasteiger partial charge in [-0.05, 0) is 66.8 Å². The molecule has 0 aliphatic carbocycles. The number of ketones is 2. The monoisotopic (exact) mass is 570 g/mol. The molecule has 3 aromatic rings. The highest BCUT2D eigenvalue weighted by atomic mass is 35.5. The van der Waals surface area contributed by atoms with Gasteiger partial charge in [-0.1, -0.05) is 32.4 Å². The average Bonchev–Trinajstić information content (AvgIpc) is 3.46. The van der Waals surface area contributed by atoms with Crippen molar-refractivity contribution in [3.05, 3.63) is 73.8 Å². The molecule has 1 aromatic carbocycles. The van der Waals surface area contributed by atoms with E-state index < -0.39 is 12.2 Å². The number of hydrogen-bond acceptors (Lipinski definition) is 7. The molecule has 0 bridgehead atoms. The maximum absolute atomic E-state index is 13.1. The molecule has 0 saturated carbocycles. The number of aryl methyl sites for hydroxylation is 1. The first-order valence-corrected chi connectivity index (χ1v) is 13.8. The Morgan fingerprint density at radius 1 is 1.15 bits per heavy atom. The summed E-state index contributed by atoms with van der Waals surface area (Å²) in [4.78, 5) is 52.4. The zero-order chi connectivity index (χ0) is 28.3. The average molecular weight is 571 g/mol. The fourth-order valence-corrected chi connectivity index (χ4v) is 5.42. The van der Waals surface area contributed by atoms with Crippen LogP contribution in [0.15, 0.2) is 53.5 Å². The Morgan fingerprint density at radius 3 is 2.59 bits per heavy atom. The Kier molecular flexibility index (Phi) is 8.61. The fraction of sp³-hybridized carbons (Fsp3) is 0.379. The predicted molar refractivity (Wildman–Crippen MR) is 152 cm³/mol. The number of hydrogen-bond donors (Lipinski definition) is 0. The Morgan fingerprint density at radius 2 is 1.92 bits per heavy atom. The van der Waals surface area contributed by atoms with Gasteiger partial charge in [0.15, 0.2) is 17.3 Å². The summed E-state index contributed by atoms with van der Waals surface area (Å²) in [7, 11) is 0. The molecule has 2 aromatic heterocycles. The Hall–Kier alpha value is -3.43. The molecule has 0 spiro atoms. The highest BCUT2D eigenvalue weighted by Crippen LogP contribution is 2.28. The molecule has 4 rings (SSSR count). The first kappa shape index (κ1) is 28.6. The minimum atomic E-state index is -0.480. The van der Waals surface area contributed by atoms with E-state index in [0.717, 1.165) is 5.56 Å². The number of benzene rings is 1. The van der Waals surface area contributed by atoms with E-state index in [0.29, 0.717) is 40.0 Å². The van der Waals surface area contributed by atoms with Crippen LogP contribution in [0.5, 0.6) is 5.75 Å². The molecule has 0 radical (unpaired) electrons. The van der Waals surface area contributed by atoms with Crippen molar-refractivity contribution in [3.8, 4) is 11.4 Å². The van der Waals surface area contributed by atoms with Gasteiger partial charge in [0.2, 0.25) is 0 Å². The number of pyridine rings is 1. The number of aromatic nitrogens is 1. The second-order valence-electron chi connectivity index (χ2n) is 10.8. The number of amides is 1. The maximum Gasteiger partial charge on any atom is 0.414 e. The first-order valence-electron chi connectivity index (χ1n) is 12.6. The number of nitrogens with zero attached hydrogens (tertiary/aromatic N) is 2. The predicted octanol–water partition coefficient (Wildman–Crippen LogP) is 6.23. The Bertz CT molecular complexity index is 1450. The number of carbonyl (C=O) groups excluding carboxylic acids is 3. The molecule has 1 fully saturated rings. The number of thiophene rings is 1. The lowest BCUT2D eigenvalue weighted by Crippen LogP contribution is -2.26. The summed E-state index contributed by atoms with van der Waals surface area (Å²) in [5, 5.41) is 0. The molecule has 3 heterocycles. The highest BCUT2D eigenvalue weighted by Gasteiger charge is 2.33. The van der Waals surface area contributed by atoms with Crippen molar-refractivity contribution >= 4 is 46.3 Å². The van der Waals surface area contributed by atoms with Gasteiger partial charge in [-0.25, -0.2) is 4.79 Å². The second kappa shape index (κ2) is 11.8. The summed E-state index contributed by atoms with van der Waals surface area (Å²) >= 11 is 7.15. The lowest BCUT2D eigenvalue weighted by molar-refractivity contribution is -0.122. The quantitative estimate of drug-likeness (QED) is 0.268. The van der Waals surface area contributed by atoms with E-state index in [1.54, 1.807) is 42.6 Å². The van der Waals surface area contributed by atoms with Crippen LogP contribution in [-0.4, -0.2) is 41.5 Å². The number of cyclic esters (lactones) is 1. The van der Waals surface area contributed by atoms with Crippen molar-refractivity contribution in [2.45, 2.75) is 53.1 Å². The number of carbonyl (C=O) groups is 3. The zero-order valence-corrected chi connectivity index (χ0v) is 23.9. The van der Waals surface area contributed by atoms with Crippen LogP contribution in [-0.2, 0) is 9.53 Å². The van der Waals surface area contributed by atoms with Crippen molar-refractivity contribution in [2.24, 2.45) is 5.41 Å². The Balaban J connectivity index is 1.42. The molecular formula is C29H31ClN2O6S. The number of rotatable bonds is 10. The smallest absolute Gasteiger partial charge is 0.414 e. The number of halogens is 1. The maximum atomic E-state index is 13.1. The minimum Gasteiger partial charge on any atom is -0.480 e. The van der Waals surface area contributed by atoms with E-state index in [1.807, 2.05) is 33.8 Å². The minimum absolute atomic E-state index is 0.0307. The molecule has 10 heteroatoms. The van der Waals surface area contributed by atoms with Crippen LogP contribution in [0, 0.1) is 12.3 Å². The van der Waals surface area contributed by atoms with E-state index in [2.05, 4.69) is 0 Å². The van der Waals surface area contributed by atoms with Gasteiger partial charge in [-0.3, -0.25) is 23.9 Å². The first-order chi connectivity index (χ1) is 18.4. The van der Waals surface area contributed by atoms with Gasteiger partial charge >= 0.3 is 6.09 Å². The summed E-state index contributed by atoms with van der Waals surface area (Å²) in [6.45, 7) is 7.91. The molecule has 1 saturated heterocycles. The molecule has 1 amide bonds. The molecule has 1 aliphatic rings. The topological polar surface area (TPSA) is 94.9 Å². The van der Waals surface area contributed by atoms with Gasteiger partial charge in [-0.15, -0.1) is 11.3 Å². The molecule has 1 aliphatic heterocycles. The van der Waals surface area contributed by atoms with E-state index in [-0.39, 0.29) is 41.3 Å². The lowest BCUT2D eigenvalue weighted by atomic mass is 9.90. The highest BCUT2D eigenvalue weighted by molar-refractivity contribution is 7.18. The van der Waals surface area contributed by atoms with Crippen LogP contribution >= 0.6 is 22.9 Å². The molecule has 39 heavy (non-hydrogen) atoms. The van der Waals surface area contributed by atoms with Crippen LogP contribution < -0.4 is 15.2 Å². The molecule has 206 valence electrons. The molecular weight excluding hydrogens is 540 g/mol. The fourth-order valence-electron chi connectivity index (χ4n) is 4.41. The van der Waals surface area contributed by atoms with Gasteiger partial charge in [0, 0.05) is 24.7 Å². The summed E-state index contributed by atoms with van der Waals surface area (Å²) in [6.07, 6.45) is 1.76. The van der Waals surface area contributed by atoms with E-state index >= 15 is 0 Å². The van der Waals surface area contributed by atoms with E-state index in [9.17, 15) is 19.2 Å². The molecule has 0 unspecified atom stereocenters. The van der Waals surface area contributed by atoms with Crippen LogP contribution in [0.2, 0.25) is 4.34 Å². The van der Waals surface area contributed by atoms with Crippen molar-refractivity contribution in [3.63, 3.8) is 0 Å². The normalized spacial score (nSPS) is 15.4. The van der Waals surface area contributed by atoms with Crippen molar-refractivity contribution in [1.29, 1.82) is 0 Å². The van der Waals surface area contributed by atoms with Crippen LogP contribution in [0.3, 0.4) is 0 Å². The van der Waals surface area contributed by atoms with Gasteiger partial charge in [0.1, 0.15) is 12.7 Å². The largest absolute Gasteiger partial charge is 0.480 e. The van der Waals surface area contributed by atoms with Gasteiger partial charge < -0.3 is 9.47 Å². The summed E-state index contributed by atoms with van der Waals surface area (Å²) in [6, 6.07) is 11.9. The third kappa shape index (κ3) is 7.16. The number of anilines is 1. The summed E-state index contributed by atoms with van der Waals surface area (Å²) < 4.78 is 13.1. The van der Waals surface area contributed by atoms with Gasteiger partial charge in [-0.2, -0.15) is 0 Å². The number of Topliss-reactive ketones (excluding diaryl/α,β-unsaturated/α-hetero) is 2. The number of ether oxygens (including phenoxy) is 2. The summed E-state index contributed by atoms with van der Waals surface area (Å²) in [5.41, 5.74) is 1.48. The van der Waals surface area contributed by atoms with Crippen LogP contribution in [0.25, 0.3) is 5.69 Å². The van der Waals surface area contributed by atoms with Gasteiger partial charge in [0.05, 0.1) is 21.4 Å². The zero-order valence-electron chi connectivity index (χ0n) is 22.4. The summed E-state index contributed by atoms with van der Waals surface area (Å²) in [5.74, 6) is -0.0145. The molecule has 1 atom stereocenters. The molecule has 0 N–H and O–H groups in total. The Labute approximate surface area is 236 Å². The van der Waals surface area contributed by atoms with Crippen LogP contribution in [0.4, 0.5) is 10.5 Å². The van der Waals surface area contributed by atoms with Crippen LogP contribution in [0.1, 0.15) is 55.3 Å². The second-order valence-corrected chi connectivity index (χ2v) is 12.5. The van der Waals surface area contributed by atoms with Crippen molar-refractivity contribution in [2.75, 3.05) is 18.1 Å². The SMILES string of the molecule is Cc1cc(N2C[C@H](CCC(=O)c3ccc(Cl)s3)OC2=O)ccc1-n1cccc(OCC(=O)CC(C)(C)C)c1=O. The van der Waals surface area contributed by atoms with E-state index in [1.165, 1.54) is 20.8 Å². The lowest BCUT2D eigenvalue weighted by Gasteiger charge is -2.18. The van der Waals surface area contributed by atoms with Gasteiger partial charge in [0.25, 0.3) is 5.56 Å². The third-order valence-corrected chi connectivity index (χ3v) is 7.47.